The summed E-state index contributed by atoms with van der Waals surface area (Å²) in [5.74, 6) is -0.855. The molecule has 0 amide bonds. The Bertz CT molecular complexity index is 1060. The summed E-state index contributed by atoms with van der Waals surface area (Å²) in [6.07, 6.45) is 46.6. The van der Waals surface area contributed by atoms with Crippen LogP contribution in [-0.4, -0.2) is 43.3 Å². The van der Waals surface area contributed by atoms with Gasteiger partial charge in [-0.1, -0.05) is 132 Å². The van der Waals surface area contributed by atoms with Crippen molar-refractivity contribution in [1.82, 2.24) is 0 Å². The molecule has 0 heterocycles. The standard InChI is InChI=1S/C42H71O8P/c1-4-6-8-10-12-14-16-18-20-21-23-25-27-29-31-33-35-37-42(44)50-40(39-49-51(45,46)47-3)38-48-41(43)36-34-32-30-28-26-24-22-19-17-15-13-11-9-7-5-2/h6,8,12-15,18-20,22-23,25,40H,4-5,7,9-11,16-17,21,24,26-39H2,1-3H3,(H,45,46)/b8-6-,14-12-,15-13-,20-18-,22-19-,25-23-. The van der Waals surface area contributed by atoms with Crippen molar-refractivity contribution >= 4 is 19.8 Å². The molecule has 51 heavy (non-hydrogen) atoms. The van der Waals surface area contributed by atoms with Crippen LogP contribution in [0.4, 0.5) is 0 Å². The van der Waals surface area contributed by atoms with Crippen molar-refractivity contribution in [3.8, 4) is 0 Å². The highest BCUT2D eigenvalue weighted by molar-refractivity contribution is 7.47. The Morgan fingerprint density at radius 2 is 1.00 bits per heavy atom. The fourth-order valence-electron chi connectivity index (χ4n) is 4.91. The van der Waals surface area contributed by atoms with Crippen LogP contribution in [0.1, 0.15) is 155 Å². The lowest BCUT2D eigenvalue weighted by atomic mass is 10.1. The van der Waals surface area contributed by atoms with E-state index in [-0.39, 0.29) is 19.4 Å². The lowest BCUT2D eigenvalue weighted by Gasteiger charge is -2.19. The summed E-state index contributed by atoms with van der Waals surface area (Å²) in [5, 5.41) is 0. The average Bonchev–Trinajstić information content (AvgIpc) is 3.12. The SMILES string of the molecule is CC/C=C\C/C=C\C/C=C\C/C=C\CCCCCCC(=O)OC(COC(=O)CCCCCCC/C=C\C/C=C\CCCCC)COP(=O)(O)OC. The minimum absolute atomic E-state index is 0.210. The number of hydrogen-bond donors (Lipinski definition) is 1. The molecule has 1 N–H and O–H groups in total. The summed E-state index contributed by atoms with van der Waals surface area (Å²) < 4.78 is 31.9. The van der Waals surface area contributed by atoms with Crippen LogP contribution in [0.3, 0.4) is 0 Å². The molecule has 0 aromatic heterocycles. The Morgan fingerprint density at radius 3 is 1.49 bits per heavy atom. The van der Waals surface area contributed by atoms with Crippen molar-refractivity contribution in [2.24, 2.45) is 0 Å². The summed E-state index contributed by atoms with van der Waals surface area (Å²) in [4.78, 5) is 34.4. The molecule has 0 saturated carbocycles. The van der Waals surface area contributed by atoms with Gasteiger partial charge in [0.15, 0.2) is 6.10 Å². The van der Waals surface area contributed by atoms with Gasteiger partial charge in [-0.2, -0.15) is 0 Å². The topological polar surface area (TPSA) is 108 Å². The van der Waals surface area contributed by atoms with E-state index in [0.717, 1.165) is 103 Å². The zero-order valence-electron chi connectivity index (χ0n) is 32.2. The van der Waals surface area contributed by atoms with Crippen LogP contribution < -0.4 is 0 Å². The molecule has 0 aromatic rings. The maximum absolute atomic E-state index is 12.5. The lowest BCUT2D eigenvalue weighted by Crippen LogP contribution is -2.29. The lowest BCUT2D eigenvalue weighted by molar-refractivity contribution is -0.161. The molecule has 9 heteroatoms. The third-order valence-electron chi connectivity index (χ3n) is 7.93. The van der Waals surface area contributed by atoms with Crippen LogP contribution in [0.25, 0.3) is 0 Å². The van der Waals surface area contributed by atoms with Gasteiger partial charge in [-0.3, -0.25) is 18.6 Å². The minimum atomic E-state index is -4.27. The molecule has 0 bridgehead atoms. The fraction of sp³-hybridized carbons (Fsp3) is 0.667. The van der Waals surface area contributed by atoms with Gasteiger partial charge in [-0.15, -0.1) is 0 Å². The Morgan fingerprint density at radius 1 is 0.569 bits per heavy atom. The maximum Gasteiger partial charge on any atom is 0.472 e. The molecular formula is C42H71O8P. The predicted molar refractivity (Wildman–Crippen MR) is 211 cm³/mol. The molecule has 0 rings (SSSR count). The molecule has 0 saturated heterocycles. The number of unbranched alkanes of at least 4 members (excludes halogenated alkanes) is 12. The van der Waals surface area contributed by atoms with Gasteiger partial charge in [0.25, 0.3) is 0 Å². The molecule has 292 valence electrons. The first-order valence-corrected chi connectivity index (χ1v) is 21.1. The molecule has 0 aromatic carbocycles. The molecular weight excluding hydrogens is 663 g/mol. The van der Waals surface area contributed by atoms with Crippen molar-refractivity contribution in [3.05, 3.63) is 72.9 Å². The van der Waals surface area contributed by atoms with Gasteiger partial charge < -0.3 is 14.4 Å². The Labute approximate surface area is 311 Å². The smallest absolute Gasteiger partial charge is 0.462 e. The highest BCUT2D eigenvalue weighted by Gasteiger charge is 2.24. The molecule has 0 aliphatic heterocycles. The van der Waals surface area contributed by atoms with E-state index in [9.17, 15) is 19.0 Å². The number of esters is 2. The summed E-state index contributed by atoms with van der Waals surface area (Å²) in [7, 11) is -3.22. The largest absolute Gasteiger partial charge is 0.472 e. The van der Waals surface area contributed by atoms with Crippen LogP contribution in [0.2, 0.25) is 0 Å². The first-order valence-electron chi connectivity index (χ1n) is 19.6. The first kappa shape index (κ1) is 48.5. The first-order chi connectivity index (χ1) is 24.8. The van der Waals surface area contributed by atoms with E-state index in [1.165, 1.54) is 25.7 Å². The summed E-state index contributed by atoms with van der Waals surface area (Å²) in [5.41, 5.74) is 0. The van der Waals surface area contributed by atoms with E-state index in [2.05, 4.69) is 91.3 Å². The third-order valence-corrected chi connectivity index (χ3v) is 8.87. The number of rotatable bonds is 35. The summed E-state index contributed by atoms with van der Waals surface area (Å²) in [6, 6.07) is 0. The van der Waals surface area contributed by atoms with Gasteiger partial charge in [0.2, 0.25) is 0 Å². The minimum Gasteiger partial charge on any atom is -0.462 e. The Kier molecular flexibility index (Phi) is 35.4. The van der Waals surface area contributed by atoms with Gasteiger partial charge in [0.05, 0.1) is 6.61 Å². The molecule has 8 nitrogen and oxygen atoms in total. The molecule has 2 atom stereocenters. The molecule has 2 unspecified atom stereocenters. The number of allylic oxidation sites excluding steroid dienone is 12. The normalized spacial score (nSPS) is 14.2. The van der Waals surface area contributed by atoms with Crippen molar-refractivity contribution in [3.63, 3.8) is 0 Å². The van der Waals surface area contributed by atoms with E-state index in [0.29, 0.717) is 6.42 Å². The second-order valence-corrected chi connectivity index (χ2v) is 14.2. The molecule has 0 aliphatic rings. The number of hydrogen-bond acceptors (Lipinski definition) is 7. The second kappa shape index (κ2) is 37.3. The van der Waals surface area contributed by atoms with Crippen LogP contribution >= 0.6 is 7.82 Å². The quantitative estimate of drug-likeness (QED) is 0.0297. The highest BCUT2D eigenvalue weighted by Crippen LogP contribution is 2.42. The van der Waals surface area contributed by atoms with Crippen LogP contribution in [0, 0.1) is 0 Å². The maximum atomic E-state index is 12.5. The monoisotopic (exact) mass is 734 g/mol. The van der Waals surface area contributed by atoms with E-state index >= 15 is 0 Å². The fourth-order valence-corrected chi connectivity index (χ4v) is 5.37. The van der Waals surface area contributed by atoms with E-state index < -0.39 is 32.5 Å². The van der Waals surface area contributed by atoms with Crippen molar-refractivity contribution in [1.29, 1.82) is 0 Å². The van der Waals surface area contributed by atoms with Gasteiger partial charge >= 0.3 is 19.8 Å². The summed E-state index contributed by atoms with van der Waals surface area (Å²) in [6.45, 7) is 3.70. The van der Waals surface area contributed by atoms with Crippen LogP contribution in [-0.2, 0) is 32.7 Å². The molecule has 0 aliphatic carbocycles. The van der Waals surface area contributed by atoms with Gasteiger partial charge in [-0.05, 0) is 83.5 Å². The highest BCUT2D eigenvalue weighted by atomic mass is 31.2. The Hall–Kier alpha value is -2.51. The van der Waals surface area contributed by atoms with E-state index in [1.807, 2.05) is 0 Å². The van der Waals surface area contributed by atoms with Gasteiger partial charge in [0.1, 0.15) is 6.61 Å². The number of carbonyl (C=O) groups is 2. The Balaban J connectivity index is 4.14. The zero-order valence-corrected chi connectivity index (χ0v) is 33.1. The molecule has 0 fully saturated rings. The number of phosphoric acid groups is 1. The van der Waals surface area contributed by atoms with E-state index in [1.54, 1.807) is 0 Å². The average molecular weight is 735 g/mol. The third kappa shape index (κ3) is 37.1. The van der Waals surface area contributed by atoms with Crippen molar-refractivity contribution in [2.75, 3.05) is 20.3 Å². The predicted octanol–water partition coefficient (Wildman–Crippen LogP) is 12.2. The summed E-state index contributed by atoms with van der Waals surface area (Å²) >= 11 is 0. The molecule has 0 spiro atoms. The van der Waals surface area contributed by atoms with E-state index in [4.69, 9.17) is 14.0 Å². The number of phosphoric ester groups is 1. The van der Waals surface area contributed by atoms with Gasteiger partial charge in [-0.25, -0.2) is 4.57 Å². The number of carbonyl (C=O) groups excluding carboxylic acids is 2. The number of ether oxygens (including phenoxy) is 2. The second-order valence-electron chi connectivity index (χ2n) is 12.7. The van der Waals surface area contributed by atoms with Gasteiger partial charge in [0, 0.05) is 20.0 Å². The van der Waals surface area contributed by atoms with Crippen LogP contribution in [0.5, 0.6) is 0 Å². The van der Waals surface area contributed by atoms with Crippen LogP contribution in [0.15, 0.2) is 72.9 Å². The van der Waals surface area contributed by atoms with Crippen molar-refractivity contribution in [2.45, 2.75) is 161 Å². The molecule has 0 radical (unpaired) electrons. The van der Waals surface area contributed by atoms with Crippen molar-refractivity contribution < 1.29 is 37.6 Å². The zero-order chi connectivity index (χ0) is 37.5.